The molecule has 304 valence electrons. The Balaban J connectivity index is 1.97. The predicted octanol–water partition coefficient (Wildman–Crippen LogP) is 12.0. The molecule has 2 N–H and O–H groups in total. The number of nitrogens with zero attached hydrogens (tertiary/aromatic N) is 2. The molecule has 3 aromatic carbocycles. The molecule has 0 bridgehead atoms. The van der Waals surface area contributed by atoms with Crippen LogP contribution in [0.2, 0.25) is 0 Å². The Morgan fingerprint density at radius 3 is 1.20 bits per heavy atom. The van der Waals surface area contributed by atoms with Gasteiger partial charge < -0.3 is 9.47 Å². The van der Waals surface area contributed by atoms with Crippen LogP contribution in [0, 0.1) is 11.3 Å². The van der Waals surface area contributed by atoms with E-state index in [0.717, 1.165) is 36.0 Å². The van der Waals surface area contributed by atoms with Gasteiger partial charge in [-0.2, -0.15) is 19.6 Å². The zero-order valence-corrected chi connectivity index (χ0v) is 36.0. The third-order valence-corrected chi connectivity index (χ3v) is 13.2. The lowest BCUT2D eigenvalue weighted by Gasteiger charge is -2.59. The maximum absolute atomic E-state index is 12.5. The largest absolute Gasteiger partial charge is 0.475 e. The molecule has 0 saturated carbocycles. The number of benzene rings is 3. The summed E-state index contributed by atoms with van der Waals surface area (Å²) in [5.41, 5.74) is -3.45. The van der Waals surface area contributed by atoms with E-state index in [9.17, 15) is 15.0 Å². The van der Waals surface area contributed by atoms with Gasteiger partial charge in [0.25, 0.3) is 0 Å². The summed E-state index contributed by atoms with van der Waals surface area (Å²) in [7, 11) is -1.94. The van der Waals surface area contributed by atoms with Crippen LogP contribution in [0.3, 0.4) is 0 Å². The van der Waals surface area contributed by atoms with Gasteiger partial charge in [0, 0.05) is 26.3 Å². The fraction of sp³-hybridized carbons (Fsp3) is 0.596. The van der Waals surface area contributed by atoms with E-state index in [1.54, 1.807) is 0 Å². The minimum absolute atomic E-state index is 0.0907. The molecule has 0 aromatic heterocycles. The highest BCUT2D eigenvalue weighted by Crippen LogP contribution is 2.73. The highest BCUT2D eigenvalue weighted by Gasteiger charge is 2.84. The Labute approximate surface area is 335 Å². The molecule has 1 atom stereocenters. The van der Waals surface area contributed by atoms with E-state index in [1.165, 1.54) is 84.8 Å². The van der Waals surface area contributed by atoms with Crippen molar-refractivity contribution in [1.29, 1.82) is 5.26 Å². The van der Waals surface area contributed by atoms with Crippen molar-refractivity contribution in [2.45, 2.75) is 159 Å². The maximum atomic E-state index is 12.5. The average molecular weight is 776 g/mol. The van der Waals surface area contributed by atoms with Gasteiger partial charge in [0.2, 0.25) is 5.54 Å². The van der Waals surface area contributed by atoms with Gasteiger partial charge in [-0.1, -0.05) is 188 Å². The highest BCUT2D eigenvalue weighted by atomic mass is 31.2. The van der Waals surface area contributed by atoms with Crippen LogP contribution in [-0.2, 0) is 19.4 Å². The van der Waals surface area contributed by atoms with E-state index in [4.69, 9.17) is 14.0 Å². The molecule has 0 aliphatic carbocycles. The topological polar surface area (TPSA) is 95.2 Å². The third-order valence-electron chi connectivity index (χ3n) is 11.2. The molecule has 0 aliphatic heterocycles. The van der Waals surface area contributed by atoms with Gasteiger partial charge in [0.1, 0.15) is 0 Å². The summed E-state index contributed by atoms with van der Waals surface area (Å²) < 4.78 is 19.0. The van der Waals surface area contributed by atoms with E-state index in [-0.39, 0.29) is 18.7 Å². The van der Waals surface area contributed by atoms with Gasteiger partial charge in [-0.3, -0.25) is 4.90 Å². The summed E-state index contributed by atoms with van der Waals surface area (Å²) >= 11 is 0. The van der Waals surface area contributed by atoms with Crippen LogP contribution in [0.15, 0.2) is 91.0 Å². The molecule has 0 heterocycles. The molecule has 0 saturated heterocycles. The van der Waals surface area contributed by atoms with Crippen molar-refractivity contribution in [3.63, 3.8) is 0 Å². The molecule has 3 rings (SSSR count). The first kappa shape index (κ1) is 46.7. The first-order valence-corrected chi connectivity index (χ1v) is 22.6. The van der Waals surface area contributed by atoms with Crippen molar-refractivity contribution in [2.75, 3.05) is 20.8 Å². The Bertz CT molecular complexity index is 1390. The summed E-state index contributed by atoms with van der Waals surface area (Å²) in [6, 6.07) is 31.6. The zero-order chi connectivity index (χ0) is 40.2. The number of unbranched alkanes of at least 4 members (excludes halogenated alkanes) is 14. The molecular weight excluding hydrogens is 703 g/mol. The van der Waals surface area contributed by atoms with Gasteiger partial charge in [-0.25, -0.2) is 0 Å². The lowest BCUT2D eigenvalue weighted by atomic mass is 9.56. The quantitative estimate of drug-likeness (QED) is 0.0328. The molecule has 0 amide bonds. The molecule has 55 heavy (non-hydrogen) atoms. The number of rotatable bonds is 28. The van der Waals surface area contributed by atoms with Crippen LogP contribution in [0.25, 0.3) is 0 Å². The highest BCUT2D eigenvalue weighted by molar-refractivity contribution is 7.61. The normalized spacial score (nSPS) is 13.7. The zero-order valence-electron chi connectivity index (χ0n) is 35.1. The fourth-order valence-electron chi connectivity index (χ4n) is 8.95. The predicted molar refractivity (Wildman–Crippen MR) is 229 cm³/mol. The van der Waals surface area contributed by atoms with E-state index in [2.05, 4.69) is 13.0 Å². The Morgan fingerprint density at radius 1 is 0.582 bits per heavy atom. The average Bonchev–Trinajstić information content (AvgIpc) is 3.19. The van der Waals surface area contributed by atoms with Crippen molar-refractivity contribution < 1.29 is 23.8 Å². The van der Waals surface area contributed by atoms with Gasteiger partial charge in [-0.05, 0) is 50.8 Å². The standard InChI is InChI=1S/C47H72N2O5P/c1-8-9-10-11-12-13-14-15-16-17-18-19-20-21-31-38-54-55(50,51)47(52-6,53-7)45(39-48,49(40(2)3)41(4)5)46(42-32-25-22-26-33-42,43-34-27-23-28-35-43)44-36-29-24-30-37-44/h22-30,32-37,40-41,50-51H,8-21,31,38H2,1-7H3/q+1. The van der Waals surface area contributed by atoms with Crippen LogP contribution in [0.4, 0.5) is 0 Å². The SMILES string of the molecule is CCCCCCCCCCCCCCCCCO[P+](O)(O)C(OC)(OC)C(C#N)(N(C(C)C)C(C)C)C(c1ccccc1)(c1ccccc1)c1ccccc1. The molecule has 3 aromatic rings. The fourth-order valence-corrected chi connectivity index (χ4v) is 10.7. The summed E-state index contributed by atoms with van der Waals surface area (Å²) in [5, 5.41) is 12.1. The summed E-state index contributed by atoms with van der Waals surface area (Å²) in [4.78, 5) is 27.1. The number of methoxy groups -OCH3 is 2. The first-order chi connectivity index (χ1) is 26.6. The van der Waals surface area contributed by atoms with E-state index >= 15 is 0 Å². The Morgan fingerprint density at radius 2 is 0.909 bits per heavy atom. The van der Waals surface area contributed by atoms with Gasteiger partial charge in [-0.15, -0.1) is 0 Å². The van der Waals surface area contributed by atoms with Gasteiger partial charge >= 0.3 is 13.5 Å². The van der Waals surface area contributed by atoms with Crippen LogP contribution in [0.5, 0.6) is 0 Å². The molecular formula is C47H72N2O5P+. The summed E-state index contributed by atoms with van der Waals surface area (Å²) in [5.74, 6) is 0. The lowest BCUT2D eigenvalue weighted by molar-refractivity contribution is -0.243. The maximum Gasteiger partial charge on any atom is 0.475 e. The third kappa shape index (κ3) is 10.6. The van der Waals surface area contributed by atoms with Crippen LogP contribution in [0.1, 0.15) is 148 Å². The smallest absolute Gasteiger partial charge is 0.313 e. The number of nitriles is 1. The molecule has 0 radical (unpaired) electrons. The van der Waals surface area contributed by atoms with Crippen LogP contribution >= 0.6 is 7.94 Å². The van der Waals surface area contributed by atoms with E-state index < -0.39 is 24.4 Å². The van der Waals surface area contributed by atoms with Crippen molar-refractivity contribution in [3.05, 3.63) is 108 Å². The first-order valence-electron chi connectivity index (χ1n) is 21.0. The molecule has 0 aliphatic rings. The Kier molecular flexibility index (Phi) is 20.0. The molecule has 1 unspecified atom stereocenters. The minimum atomic E-state index is -4.71. The summed E-state index contributed by atoms with van der Waals surface area (Å²) in [6.45, 7) is 10.4. The van der Waals surface area contributed by atoms with E-state index in [0.29, 0.717) is 6.42 Å². The van der Waals surface area contributed by atoms with Crippen LogP contribution < -0.4 is 0 Å². The number of ether oxygens (including phenoxy) is 2. The minimum Gasteiger partial charge on any atom is -0.313 e. The number of hydrogen-bond donors (Lipinski definition) is 2. The van der Waals surface area contributed by atoms with Gasteiger partial charge in [0.05, 0.1) is 18.1 Å². The Hall–Kier alpha value is -2.66. The summed E-state index contributed by atoms with van der Waals surface area (Å²) in [6.07, 6.45) is 18.4. The second-order valence-electron chi connectivity index (χ2n) is 15.6. The lowest BCUT2D eigenvalue weighted by Crippen LogP contribution is -2.77. The van der Waals surface area contributed by atoms with E-state index in [1.807, 2.05) is 124 Å². The number of hydrogen-bond acceptors (Lipinski definition) is 7. The van der Waals surface area contributed by atoms with Crippen molar-refractivity contribution in [2.24, 2.45) is 0 Å². The second kappa shape index (κ2) is 23.5. The van der Waals surface area contributed by atoms with Crippen molar-refractivity contribution in [1.82, 2.24) is 4.90 Å². The van der Waals surface area contributed by atoms with Gasteiger partial charge in [0.15, 0.2) is 0 Å². The molecule has 7 nitrogen and oxygen atoms in total. The second-order valence-corrected chi connectivity index (χ2v) is 17.5. The molecule has 0 fully saturated rings. The molecule has 8 heteroatoms. The molecule has 0 spiro atoms. The van der Waals surface area contributed by atoms with Crippen LogP contribution in [-0.4, -0.2) is 58.7 Å². The van der Waals surface area contributed by atoms with Crippen molar-refractivity contribution in [3.8, 4) is 6.07 Å². The van der Waals surface area contributed by atoms with Crippen molar-refractivity contribution >= 4 is 7.94 Å². The monoisotopic (exact) mass is 776 g/mol.